The number of phenolic OH excluding ortho intramolecular Hbond substituents is 1. The molecule has 4 heterocycles. The topological polar surface area (TPSA) is 103 Å². The van der Waals surface area contributed by atoms with Crippen LogP contribution in [0.2, 0.25) is 0 Å². The summed E-state index contributed by atoms with van der Waals surface area (Å²) in [4.78, 5) is 6.82. The number of phenols is 1. The smallest absolute Gasteiger partial charge is 0.185 e. The van der Waals surface area contributed by atoms with Crippen molar-refractivity contribution in [1.82, 2.24) is 30.7 Å². The van der Waals surface area contributed by atoms with Crippen LogP contribution in [-0.2, 0) is 0 Å². The Hall–Kier alpha value is -3.07. The summed E-state index contributed by atoms with van der Waals surface area (Å²) >= 11 is 0. The van der Waals surface area contributed by atoms with E-state index in [0.717, 1.165) is 42.6 Å². The van der Waals surface area contributed by atoms with Crippen molar-refractivity contribution in [3.63, 3.8) is 0 Å². The second kappa shape index (κ2) is 7.26. The first-order valence-electron chi connectivity index (χ1n) is 10.9. The van der Waals surface area contributed by atoms with E-state index in [4.69, 9.17) is 0 Å². The van der Waals surface area contributed by atoms with E-state index in [-0.39, 0.29) is 23.9 Å². The van der Waals surface area contributed by atoms with Crippen molar-refractivity contribution < 1.29 is 9.50 Å². The molecule has 9 heteroatoms. The van der Waals surface area contributed by atoms with Gasteiger partial charge in [-0.25, -0.2) is 9.37 Å². The summed E-state index contributed by atoms with van der Waals surface area (Å²) in [5.41, 5.74) is 2.28. The molecule has 3 aliphatic rings. The fourth-order valence-corrected chi connectivity index (χ4v) is 5.08. The summed E-state index contributed by atoms with van der Waals surface area (Å²) in [5.74, 6) is 1.21. The Bertz CT molecular complexity index is 1070. The molecule has 2 bridgehead atoms. The first kappa shape index (κ1) is 18.7. The molecule has 2 aliphatic heterocycles. The highest BCUT2D eigenvalue weighted by Gasteiger charge is 2.45. The molecule has 4 atom stereocenters. The van der Waals surface area contributed by atoms with E-state index in [1.807, 2.05) is 6.07 Å². The average Bonchev–Trinajstić information content (AvgIpc) is 3.37. The van der Waals surface area contributed by atoms with Crippen molar-refractivity contribution in [3.05, 3.63) is 36.8 Å². The quantitative estimate of drug-likeness (QED) is 0.582. The minimum absolute atomic E-state index is 0.0594. The van der Waals surface area contributed by atoms with Gasteiger partial charge in [0.15, 0.2) is 11.6 Å². The third-order valence-corrected chi connectivity index (χ3v) is 6.70. The highest BCUT2D eigenvalue weighted by molar-refractivity contribution is 5.72. The van der Waals surface area contributed by atoms with Crippen LogP contribution in [0.5, 0.6) is 5.75 Å². The Balaban J connectivity index is 1.25. The molecule has 1 aromatic carbocycles. The minimum Gasteiger partial charge on any atom is -0.507 e. The zero-order valence-corrected chi connectivity index (χ0v) is 16.9. The molecule has 2 aromatic heterocycles. The number of H-pyrrole nitrogens is 1. The lowest BCUT2D eigenvalue weighted by atomic mass is 9.98. The highest BCUT2D eigenvalue weighted by Crippen LogP contribution is 2.39. The molecule has 8 nitrogen and oxygen atoms in total. The predicted molar refractivity (Wildman–Crippen MR) is 113 cm³/mol. The number of hydrogen-bond donors (Lipinski definition) is 3. The number of anilines is 1. The Kier molecular flexibility index (Phi) is 4.38. The maximum Gasteiger partial charge on any atom is 0.185 e. The lowest BCUT2D eigenvalue weighted by molar-refractivity contribution is 0.271. The van der Waals surface area contributed by atoms with Crippen LogP contribution in [0.1, 0.15) is 32.1 Å². The van der Waals surface area contributed by atoms with Gasteiger partial charge in [-0.05, 0) is 49.8 Å². The monoisotopic (exact) mass is 421 g/mol. The Morgan fingerprint density at radius 2 is 1.94 bits per heavy atom. The van der Waals surface area contributed by atoms with Crippen LogP contribution in [0.3, 0.4) is 0 Å². The van der Waals surface area contributed by atoms with Crippen LogP contribution >= 0.6 is 0 Å². The largest absolute Gasteiger partial charge is 0.507 e. The Morgan fingerprint density at radius 3 is 2.61 bits per heavy atom. The first-order chi connectivity index (χ1) is 15.2. The van der Waals surface area contributed by atoms with Gasteiger partial charge >= 0.3 is 0 Å². The van der Waals surface area contributed by atoms with Gasteiger partial charge in [0.1, 0.15) is 11.9 Å². The number of nitrogens with one attached hydrogen (secondary N) is 2. The molecule has 160 valence electrons. The van der Waals surface area contributed by atoms with Crippen LogP contribution in [0.15, 0.2) is 36.8 Å². The van der Waals surface area contributed by atoms with Crippen LogP contribution in [-0.4, -0.2) is 60.8 Å². The van der Waals surface area contributed by atoms with Gasteiger partial charge in [-0.1, -0.05) is 6.07 Å². The van der Waals surface area contributed by atoms with Gasteiger partial charge in [-0.3, -0.25) is 5.10 Å². The van der Waals surface area contributed by atoms with Gasteiger partial charge in [0.25, 0.3) is 0 Å². The zero-order chi connectivity index (χ0) is 20.9. The van der Waals surface area contributed by atoms with Crippen molar-refractivity contribution in [2.24, 2.45) is 0 Å². The van der Waals surface area contributed by atoms with Gasteiger partial charge in [0.05, 0.1) is 18.0 Å². The number of aromatic hydroxyl groups is 1. The number of hydrogen-bond acceptors (Lipinski definition) is 7. The molecule has 0 amide bonds. The second-order valence-corrected chi connectivity index (χ2v) is 8.84. The molecular formula is C22H24FN7O. The van der Waals surface area contributed by atoms with Crippen LogP contribution in [0, 0.1) is 0 Å². The van der Waals surface area contributed by atoms with Gasteiger partial charge in [0.2, 0.25) is 0 Å². The maximum absolute atomic E-state index is 14.2. The Morgan fingerprint density at radius 1 is 1.03 bits per heavy atom. The standard InChI is InChI=1S/C22H24FN7O/c23-18-7-14-6-16(8-19(18)27-14)30(15-2-3-15)21-11-24-22(29-28-21)17-4-1-12(5-20(17)31)13-9-25-26-10-13/h1,4-5,9-11,14-16,18-19,27,31H,2-3,6-8H2,(H,25,26)/t14-,16-,18-,19+/m0/s1. The maximum atomic E-state index is 14.2. The number of piperidine rings is 1. The summed E-state index contributed by atoms with van der Waals surface area (Å²) < 4.78 is 14.2. The third-order valence-electron chi connectivity index (χ3n) is 6.70. The van der Waals surface area contributed by atoms with Crippen molar-refractivity contribution in [3.8, 4) is 28.3 Å². The fourth-order valence-electron chi connectivity index (χ4n) is 5.08. The number of alkyl halides is 1. The lowest BCUT2D eigenvalue weighted by Crippen LogP contribution is -2.50. The number of aromatic amines is 1. The van der Waals surface area contributed by atoms with E-state index >= 15 is 0 Å². The molecule has 3 aromatic rings. The second-order valence-electron chi connectivity index (χ2n) is 8.84. The zero-order valence-electron chi connectivity index (χ0n) is 16.9. The number of fused-ring (bicyclic) bond motifs is 2. The number of benzene rings is 1. The normalized spacial score (nSPS) is 27.4. The summed E-state index contributed by atoms with van der Waals surface area (Å²) in [6, 6.07) is 6.23. The van der Waals surface area contributed by atoms with Crippen LogP contribution < -0.4 is 10.2 Å². The number of nitrogens with zero attached hydrogens (tertiary/aromatic N) is 5. The summed E-state index contributed by atoms with van der Waals surface area (Å²) in [5, 5.41) is 29.4. The van der Waals surface area contributed by atoms with Gasteiger partial charge in [0, 0.05) is 35.9 Å². The van der Waals surface area contributed by atoms with E-state index in [0.29, 0.717) is 23.9 Å². The van der Waals surface area contributed by atoms with Gasteiger partial charge in [-0.15, -0.1) is 10.2 Å². The van der Waals surface area contributed by atoms with E-state index in [1.54, 1.807) is 30.7 Å². The molecule has 0 radical (unpaired) electrons. The number of halogens is 1. The first-order valence-corrected chi connectivity index (χ1v) is 10.9. The van der Waals surface area contributed by atoms with Crippen LogP contribution in [0.25, 0.3) is 22.5 Å². The summed E-state index contributed by atoms with van der Waals surface area (Å²) in [6.45, 7) is 0. The minimum atomic E-state index is -0.754. The van der Waals surface area contributed by atoms with Gasteiger partial charge in [-0.2, -0.15) is 5.10 Å². The predicted octanol–water partition coefficient (Wildman–Crippen LogP) is 2.83. The molecule has 31 heavy (non-hydrogen) atoms. The number of aromatic nitrogens is 5. The molecule has 3 N–H and O–H groups in total. The van der Waals surface area contributed by atoms with Crippen LogP contribution in [0.4, 0.5) is 10.2 Å². The van der Waals surface area contributed by atoms with E-state index in [2.05, 4.69) is 35.6 Å². The van der Waals surface area contributed by atoms with Crippen molar-refractivity contribution >= 4 is 5.82 Å². The molecular weight excluding hydrogens is 397 g/mol. The Labute approximate surface area is 178 Å². The van der Waals surface area contributed by atoms with Crippen molar-refractivity contribution in [2.75, 3.05) is 4.90 Å². The molecule has 0 spiro atoms. The van der Waals surface area contributed by atoms with Crippen molar-refractivity contribution in [2.45, 2.75) is 62.4 Å². The molecule has 3 fully saturated rings. The van der Waals surface area contributed by atoms with Gasteiger partial charge < -0.3 is 15.3 Å². The summed E-state index contributed by atoms with van der Waals surface area (Å²) in [7, 11) is 0. The lowest BCUT2D eigenvalue weighted by Gasteiger charge is -2.38. The average molecular weight is 421 g/mol. The fraction of sp³-hybridized carbons (Fsp3) is 0.455. The highest BCUT2D eigenvalue weighted by atomic mass is 19.1. The third kappa shape index (κ3) is 3.42. The van der Waals surface area contributed by atoms with E-state index in [1.165, 1.54) is 0 Å². The molecule has 2 saturated heterocycles. The number of rotatable bonds is 5. The molecule has 6 rings (SSSR count). The van der Waals surface area contributed by atoms with E-state index < -0.39 is 6.17 Å². The van der Waals surface area contributed by atoms with Crippen molar-refractivity contribution in [1.29, 1.82) is 0 Å². The summed E-state index contributed by atoms with van der Waals surface area (Å²) in [6.07, 6.45) is 9.02. The van der Waals surface area contributed by atoms with E-state index in [9.17, 15) is 9.50 Å². The SMILES string of the molecule is Oc1cc(-c2cn[nH]c2)ccc1-c1ncc(N(C2CC2)[C@H]2C[C@H]3C[C@H](F)[C@@H](C2)N3)nn1. The molecule has 1 aliphatic carbocycles. The molecule has 1 saturated carbocycles. The molecule has 0 unspecified atom stereocenters.